The van der Waals surface area contributed by atoms with Gasteiger partial charge in [-0.1, -0.05) is 63.4 Å². The second-order valence-corrected chi connectivity index (χ2v) is 7.88. The van der Waals surface area contributed by atoms with Gasteiger partial charge >= 0.3 is 12.1 Å². The molecule has 150 valence electrons. The van der Waals surface area contributed by atoms with E-state index in [0.29, 0.717) is 18.8 Å². The van der Waals surface area contributed by atoms with Crippen LogP contribution in [0.25, 0.3) is 0 Å². The summed E-state index contributed by atoms with van der Waals surface area (Å²) in [4.78, 5) is 24.5. The van der Waals surface area contributed by atoms with E-state index in [1.807, 2.05) is 32.0 Å². The molecule has 0 aromatic heterocycles. The highest BCUT2D eigenvalue weighted by Gasteiger charge is 2.29. The van der Waals surface area contributed by atoms with E-state index in [9.17, 15) is 9.59 Å². The molecule has 1 aromatic rings. The molecule has 1 fully saturated rings. The molecule has 0 spiro atoms. The topological polar surface area (TPSA) is 64.6 Å². The van der Waals surface area contributed by atoms with E-state index in [4.69, 9.17) is 9.47 Å². The molecule has 1 aromatic carbocycles. The molecule has 1 aliphatic carbocycles. The van der Waals surface area contributed by atoms with Gasteiger partial charge in [0.05, 0.1) is 7.11 Å². The lowest BCUT2D eigenvalue weighted by Gasteiger charge is -2.30. The average Bonchev–Trinajstić information content (AvgIpc) is 2.67. The van der Waals surface area contributed by atoms with E-state index in [0.717, 1.165) is 18.4 Å². The Morgan fingerprint density at radius 1 is 1.11 bits per heavy atom. The summed E-state index contributed by atoms with van der Waals surface area (Å²) in [6, 6.07) is 9.44. The normalized spacial score (nSPS) is 17.2. The maximum atomic E-state index is 12.6. The van der Waals surface area contributed by atoms with Crippen LogP contribution < -0.4 is 5.32 Å². The quantitative estimate of drug-likeness (QED) is 0.680. The third-order valence-electron chi connectivity index (χ3n) is 5.20. The number of carbonyl (C=O) groups is 2. The Kier molecular flexibility index (Phi) is 8.62. The fourth-order valence-electron chi connectivity index (χ4n) is 3.80. The summed E-state index contributed by atoms with van der Waals surface area (Å²) >= 11 is 0. The maximum Gasteiger partial charge on any atom is 0.408 e. The van der Waals surface area contributed by atoms with E-state index >= 15 is 0 Å². The molecule has 2 atom stereocenters. The molecule has 0 bridgehead atoms. The molecule has 0 radical (unpaired) electrons. The molecule has 1 amide bonds. The second-order valence-electron chi connectivity index (χ2n) is 7.88. The van der Waals surface area contributed by atoms with Gasteiger partial charge in [0.15, 0.2) is 0 Å². The Morgan fingerprint density at radius 2 is 1.78 bits per heavy atom. The van der Waals surface area contributed by atoms with Crippen molar-refractivity contribution in [1.29, 1.82) is 0 Å². The number of hydrogen-bond acceptors (Lipinski definition) is 4. The SMILES string of the molecule is COC(=O)[C@H](CC(C)C)NC(=O)OC(Cc1ccccc1)C1CCCCC1. The summed E-state index contributed by atoms with van der Waals surface area (Å²) in [7, 11) is 1.34. The number of ether oxygens (including phenoxy) is 2. The largest absolute Gasteiger partial charge is 0.467 e. The number of nitrogens with one attached hydrogen (secondary N) is 1. The molecule has 1 aliphatic rings. The first kappa shape index (κ1) is 21.3. The van der Waals surface area contributed by atoms with Gasteiger partial charge in [-0.25, -0.2) is 9.59 Å². The highest BCUT2D eigenvalue weighted by atomic mass is 16.6. The zero-order valence-corrected chi connectivity index (χ0v) is 16.8. The third-order valence-corrected chi connectivity index (χ3v) is 5.20. The second kappa shape index (κ2) is 11.0. The summed E-state index contributed by atoms with van der Waals surface area (Å²) in [6.07, 6.45) is 6.29. The lowest BCUT2D eigenvalue weighted by atomic mass is 9.83. The number of amides is 1. The molecular weight excluding hydrogens is 342 g/mol. The minimum Gasteiger partial charge on any atom is -0.467 e. The van der Waals surface area contributed by atoms with E-state index in [1.54, 1.807) is 0 Å². The molecule has 2 rings (SSSR count). The van der Waals surface area contributed by atoms with Gasteiger partial charge in [-0.2, -0.15) is 0 Å². The molecule has 1 unspecified atom stereocenters. The van der Waals surface area contributed by atoms with Crippen molar-refractivity contribution in [2.75, 3.05) is 7.11 Å². The van der Waals surface area contributed by atoms with Crippen molar-refractivity contribution in [1.82, 2.24) is 5.32 Å². The number of methoxy groups -OCH3 is 1. The zero-order valence-electron chi connectivity index (χ0n) is 16.8. The number of hydrogen-bond donors (Lipinski definition) is 1. The number of alkyl carbamates (subject to hydrolysis) is 1. The van der Waals surface area contributed by atoms with Crippen LogP contribution in [0.2, 0.25) is 0 Å². The van der Waals surface area contributed by atoms with E-state index < -0.39 is 18.1 Å². The number of carbonyl (C=O) groups excluding carboxylic acids is 2. The van der Waals surface area contributed by atoms with Crippen LogP contribution in [0, 0.1) is 11.8 Å². The van der Waals surface area contributed by atoms with Crippen LogP contribution in [0.4, 0.5) is 4.79 Å². The smallest absolute Gasteiger partial charge is 0.408 e. The number of esters is 1. The van der Waals surface area contributed by atoms with Crippen molar-refractivity contribution in [3.8, 4) is 0 Å². The van der Waals surface area contributed by atoms with Crippen LogP contribution in [0.5, 0.6) is 0 Å². The Labute approximate surface area is 162 Å². The minimum absolute atomic E-state index is 0.176. The minimum atomic E-state index is -0.675. The lowest BCUT2D eigenvalue weighted by Crippen LogP contribution is -2.45. The van der Waals surface area contributed by atoms with Gasteiger partial charge in [0.2, 0.25) is 0 Å². The average molecular weight is 376 g/mol. The molecule has 5 nitrogen and oxygen atoms in total. The first-order valence-electron chi connectivity index (χ1n) is 10.1. The summed E-state index contributed by atoms with van der Waals surface area (Å²) in [5, 5.41) is 2.72. The van der Waals surface area contributed by atoms with Gasteiger partial charge in [0.25, 0.3) is 0 Å². The summed E-state index contributed by atoms with van der Waals surface area (Å²) < 4.78 is 10.7. The van der Waals surface area contributed by atoms with Crippen LogP contribution in [-0.4, -0.2) is 31.3 Å². The fourth-order valence-corrected chi connectivity index (χ4v) is 3.80. The van der Waals surface area contributed by atoms with E-state index in [-0.39, 0.29) is 12.0 Å². The summed E-state index contributed by atoms with van der Waals surface area (Å²) in [5.41, 5.74) is 1.16. The number of benzene rings is 1. The van der Waals surface area contributed by atoms with Gasteiger partial charge in [0, 0.05) is 6.42 Å². The fraction of sp³-hybridized carbons (Fsp3) is 0.636. The van der Waals surface area contributed by atoms with Gasteiger partial charge in [-0.05, 0) is 36.7 Å². The standard InChI is InChI=1S/C22H33NO4/c1-16(2)14-19(21(24)26-3)23-22(25)27-20(18-12-8-5-9-13-18)15-17-10-6-4-7-11-17/h4,6-7,10-11,16,18-20H,5,8-9,12-15H2,1-3H3,(H,23,25)/t19-,20?/m0/s1. The van der Waals surface area contributed by atoms with Gasteiger partial charge in [0.1, 0.15) is 12.1 Å². The van der Waals surface area contributed by atoms with E-state index in [2.05, 4.69) is 17.4 Å². The van der Waals surface area contributed by atoms with Crippen LogP contribution in [0.3, 0.4) is 0 Å². The molecular formula is C22H33NO4. The highest BCUT2D eigenvalue weighted by Crippen LogP contribution is 2.30. The van der Waals surface area contributed by atoms with Crippen molar-refractivity contribution in [3.63, 3.8) is 0 Å². The Morgan fingerprint density at radius 3 is 2.37 bits per heavy atom. The van der Waals surface area contributed by atoms with Crippen LogP contribution in [0.15, 0.2) is 30.3 Å². The van der Waals surface area contributed by atoms with Crippen LogP contribution in [0.1, 0.15) is 57.9 Å². The van der Waals surface area contributed by atoms with Crippen molar-refractivity contribution in [2.45, 2.75) is 70.9 Å². The van der Waals surface area contributed by atoms with Crippen LogP contribution >= 0.6 is 0 Å². The Bertz CT molecular complexity index is 581. The molecule has 27 heavy (non-hydrogen) atoms. The maximum absolute atomic E-state index is 12.6. The molecule has 5 heteroatoms. The van der Waals surface area contributed by atoms with E-state index in [1.165, 1.54) is 26.4 Å². The van der Waals surface area contributed by atoms with Crippen LogP contribution in [-0.2, 0) is 20.7 Å². The molecule has 1 N–H and O–H groups in total. The van der Waals surface area contributed by atoms with Crippen molar-refractivity contribution in [2.24, 2.45) is 11.8 Å². The molecule has 1 saturated carbocycles. The Balaban J connectivity index is 2.03. The zero-order chi connectivity index (χ0) is 19.6. The molecule has 0 heterocycles. The van der Waals surface area contributed by atoms with Crippen molar-refractivity contribution < 1.29 is 19.1 Å². The predicted molar refractivity (Wildman–Crippen MR) is 105 cm³/mol. The third kappa shape index (κ3) is 7.24. The summed E-state index contributed by atoms with van der Waals surface area (Å²) in [5.74, 6) is 0.192. The van der Waals surface area contributed by atoms with Gasteiger partial charge in [-0.15, -0.1) is 0 Å². The van der Waals surface area contributed by atoms with Gasteiger partial charge < -0.3 is 14.8 Å². The highest BCUT2D eigenvalue weighted by molar-refractivity contribution is 5.81. The molecule has 0 saturated heterocycles. The first-order valence-corrected chi connectivity index (χ1v) is 10.1. The predicted octanol–water partition coefficient (Wildman–Crippen LogP) is 4.49. The number of rotatable bonds is 8. The summed E-state index contributed by atoms with van der Waals surface area (Å²) in [6.45, 7) is 4.01. The Hall–Kier alpha value is -2.04. The van der Waals surface area contributed by atoms with Gasteiger partial charge in [-0.3, -0.25) is 0 Å². The lowest BCUT2D eigenvalue weighted by molar-refractivity contribution is -0.143. The monoisotopic (exact) mass is 375 g/mol. The first-order chi connectivity index (χ1) is 13.0. The van der Waals surface area contributed by atoms with Crippen molar-refractivity contribution in [3.05, 3.63) is 35.9 Å². The van der Waals surface area contributed by atoms with Crippen molar-refractivity contribution >= 4 is 12.1 Å². The molecule has 0 aliphatic heterocycles.